The quantitative estimate of drug-likeness (QED) is 0.101. The molecule has 0 bridgehead atoms. The van der Waals surface area contributed by atoms with Crippen LogP contribution in [0.3, 0.4) is 0 Å². The van der Waals surface area contributed by atoms with Gasteiger partial charge in [-0.25, -0.2) is 0 Å². The third-order valence-electron chi connectivity index (χ3n) is 15.9. The number of fused-ring (bicyclic) bond motifs is 9. The Balaban J connectivity index is 1.04. The van der Waals surface area contributed by atoms with Gasteiger partial charge in [0.15, 0.2) is 8.07 Å². The summed E-state index contributed by atoms with van der Waals surface area (Å²) in [6, 6.07) is 109. The number of nitrogens with zero attached hydrogens (tertiary/aromatic N) is 2. The van der Waals surface area contributed by atoms with Gasteiger partial charge in [-0.05, 0) is 79.9 Å². The summed E-state index contributed by atoms with van der Waals surface area (Å²) in [6.07, 6.45) is 0. The molecule has 15 rings (SSSR count). The number of thiophene rings is 1. The largest absolute Gasteiger partial charge is 0.309 e. The molecule has 0 N–H and O–H groups in total. The maximum Gasteiger partial charge on any atom is 0.179 e. The van der Waals surface area contributed by atoms with Crippen LogP contribution in [-0.2, 0) is 0 Å². The van der Waals surface area contributed by atoms with Gasteiger partial charge in [0, 0.05) is 64.1 Å². The van der Waals surface area contributed by atoms with E-state index >= 15 is 0 Å². The Labute approximate surface area is 446 Å². The fraction of sp³-hybridized carbons (Fsp3) is 0. The number of rotatable bonds is 9. The minimum absolute atomic E-state index is 1.13. The molecule has 12 aromatic carbocycles. The zero-order valence-electron chi connectivity index (χ0n) is 41.5. The number of para-hydroxylation sites is 3. The van der Waals surface area contributed by atoms with Crippen molar-refractivity contribution >= 4 is 104 Å². The summed E-state index contributed by atoms with van der Waals surface area (Å²) in [7, 11) is -2.99. The Morgan fingerprint density at radius 2 is 0.724 bits per heavy atom. The Morgan fingerprint density at radius 1 is 0.276 bits per heavy atom. The molecule has 0 unspecified atom stereocenters. The van der Waals surface area contributed by atoms with Gasteiger partial charge in [-0.3, -0.25) is 0 Å². The highest BCUT2D eigenvalue weighted by molar-refractivity contribution is 7.26. The maximum atomic E-state index is 2.57. The summed E-state index contributed by atoms with van der Waals surface area (Å²) in [5.41, 5.74) is 14.2. The standard InChI is InChI=1S/C72H48N2SSi/c1-6-24-49(25-7-1)62-47-55(76(52-28-10-3-11-29-52,53-30-12-4-13-31-53)54-32-14-5-15-33-54)48-63(50-26-8-2-9-27-50)72(62)74-66-41-20-17-35-57(66)64-46-51(44-45-67(64)74)73-65-40-19-16-34-56(65)59-38-22-39-60(71(59)73)58-37-23-43-69-70(58)61-36-18-21-42-68(61)75-69/h1-48H. The molecule has 0 spiro atoms. The van der Waals surface area contributed by atoms with E-state index in [1.54, 1.807) is 0 Å². The van der Waals surface area contributed by atoms with Crippen LogP contribution in [0.5, 0.6) is 0 Å². The summed E-state index contributed by atoms with van der Waals surface area (Å²) >= 11 is 1.87. The molecule has 0 saturated heterocycles. The predicted octanol–water partition coefficient (Wildman–Crippen LogP) is 16.6. The Morgan fingerprint density at radius 3 is 1.33 bits per heavy atom. The normalized spacial score (nSPS) is 11.9. The van der Waals surface area contributed by atoms with Crippen molar-refractivity contribution in [3.8, 4) is 44.8 Å². The summed E-state index contributed by atoms with van der Waals surface area (Å²) < 4.78 is 7.71. The first-order chi connectivity index (χ1) is 37.7. The van der Waals surface area contributed by atoms with E-state index in [2.05, 4.69) is 300 Å². The van der Waals surface area contributed by atoms with Crippen LogP contribution in [-0.4, -0.2) is 17.2 Å². The predicted molar refractivity (Wildman–Crippen MR) is 328 cm³/mol. The van der Waals surface area contributed by atoms with Crippen molar-refractivity contribution in [2.75, 3.05) is 0 Å². The number of hydrogen-bond acceptors (Lipinski definition) is 1. The van der Waals surface area contributed by atoms with Crippen molar-refractivity contribution in [1.29, 1.82) is 0 Å². The van der Waals surface area contributed by atoms with E-state index in [9.17, 15) is 0 Å². The molecule has 0 saturated carbocycles. The van der Waals surface area contributed by atoms with Crippen LogP contribution in [0.1, 0.15) is 0 Å². The van der Waals surface area contributed by atoms with Crippen molar-refractivity contribution in [2.24, 2.45) is 0 Å². The monoisotopic (exact) mass is 1000 g/mol. The van der Waals surface area contributed by atoms with Gasteiger partial charge in [0.2, 0.25) is 0 Å². The number of hydrogen-bond donors (Lipinski definition) is 0. The fourth-order valence-electron chi connectivity index (χ4n) is 12.7. The maximum absolute atomic E-state index is 2.99. The molecule has 2 nitrogen and oxygen atoms in total. The molecule has 4 heteroatoms. The van der Waals surface area contributed by atoms with Gasteiger partial charge in [-0.1, -0.05) is 249 Å². The zero-order valence-corrected chi connectivity index (χ0v) is 43.3. The zero-order chi connectivity index (χ0) is 50.2. The number of benzene rings is 12. The van der Waals surface area contributed by atoms with Crippen LogP contribution in [0.15, 0.2) is 291 Å². The first-order valence-corrected chi connectivity index (χ1v) is 29.0. The molecule has 0 atom stereocenters. The van der Waals surface area contributed by atoms with Crippen LogP contribution in [0, 0.1) is 0 Å². The molecular weight excluding hydrogens is 953 g/mol. The van der Waals surface area contributed by atoms with E-state index < -0.39 is 8.07 Å². The second kappa shape index (κ2) is 18.0. The van der Waals surface area contributed by atoms with Crippen LogP contribution < -0.4 is 20.7 Å². The van der Waals surface area contributed by atoms with E-state index in [0.29, 0.717) is 0 Å². The molecule has 0 amide bonds. The van der Waals surface area contributed by atoms with E-state index in [0.717, 1.165) is 22.4 Å². The number of aromatic nitrogens is 2. The molecule has 3 heterocycles. The minimum atomic E-state index is -2.99. The molecule has 76 heavy (non-hydrogen) atoms. The summed E-state index contributed by atoms with van der Waals surface area (Å²) in [5, 5.41) is 12.9. The third kappa shape index (κ3) is 6.78. The smallest absolute Gasteiger partial charge is 0.179 e. The summed E-state index contributed by atoms with van der Waals surface area (Å²) in [4.78, 5) is 0. The van der Waals surface area contributed by atoms with Gasteiger partial charge in [-0.15, -0.1) is 11.3 Å². The van der Waals surface area contributed by atoms with E-state index in [-0.39, 0.29) is 0 Å². The van der Waals surface area contributed by atoms with E-state index in [1.807, 2.05) is 11.3 Å². The van der Waals surface area contributed by atoms with Crippen LogP contribution in [0.4, 0.5) is 0 Å². The van der Waals surface area contributed by atoms with Gasteiger partial charge in [0.25, 0.3) is 0 Å². The van der Waals surface area contributed by atoms with Crippen molar-refractivity contribution < 1.29 is 0 Å². The lowest BCUT2D eigenvalue weighted by molar-refractivity contribution is 1.17. The SMILES string of the molecule is c1ccc(-c2cc([Si](c3ccccc3)(c3ccccc3)c3ccccc3)cc(-c3ccccc3)c2-n2c3ccccc3c3cc(-n4c5ccccc5c5cccc(-c6cccc7sc8ccccc8c67)c54)ccc32)cc1. The van der Waals surface area contributed by atoms with Gasteiger partial charge < -0.3 is 9.13 Å². The van der Waals surface area contributed by atoms with E-state index in [1.165, 1.54) is 107 Å². The fourth-order valence-corrected chi connectivity index (χ4v) is 18.6. The first-order valence-electron chi connectivity index (χ1n) is 26.2. The topological polar surface area (TPSA) is 9.86 Å². The molecule has 0 aliphatic rings. The van der Waals surface area contributed by atoms with Gasteiger partial charge in [0.1, 0.15) is 0 Å². The third-order valence-corrected chi connectivity index (χ3v) is 21.7. The van der Waals surface area contributed by atoms with Crippen molar-refractivity contribution in [2.45, 2.75) is 0 Å². The molecular formula is C72H48N2SSi. The Kier molecular flexibility index (Phi) is 10.4. The molecule has 3 aromatic heterocycles. The molecule has 0 fully saturated rings. The minimum Gasteiger partial charge on any atom is -0.309 e. The van der Waals surface area contributed by atoms with Crippen LogP contribution in [0.2, 0.25) is 0 Å². The first kappa shape index (κ1) is 44.2. The Hall–Kier alpha value is -9.32. The van der Waals surface area contributed by atoms with Gasteiger partial charge in [-0.2, -0.15) is 0 Å². The second-order valence-corrected chi connectivity index (χ2v) is 24.8. The highest BCUT2D eigenvalue weighted by atomic mass is 32.1. The highest BCUT2D eigenvalue weighted by Crippen LogP contribution is 2.46. The molecule has 0 aliphatic heterocycles. The van der Waals surface area contributed by atoms with Crippen LogP contribution >= 0.6 is 11.3 Å². The Bertz CT molecular complexity index is 4510. The average Bonchev–Trinajstić information content (AvgIpc) is 4.17. The van der Waals surface area contributed by atoms with Crippen molar-refractivity contribution in [1.82, 2.24) is 9.13 Å². The lowest BCUT2D eigenvalue weighted by Crippen LogP contribution is -2.74. The molecule has 356 valence electrons. The average molecular weight is 1000 g/mol. The summed E-state index contributed by atoms with van der Waals surface area (Å²) in [6.45, 7) is 0. The molecule has 15 aromatic rings. The van der Waals surface area contributed by atoms with Crippen LogP contribution in [0.25, 0.3) is 109 Å². The lowest BCUT2D eigenvalue weighted by Gasteiger charge is -2.36. The highest BCUT2D eigenvalue weighted by Gasteiger charge is 2.42. The molecule has 0 aliphatic carbocycles. The van der Waals surface area contributed by atoms with Crippen molar-refractivity contribution in [3.63, 3.8) is 0 Å². The lowest BCUT2D eigenvalue weighted by atomic mass is 9.95. The van der Waals surface area contributed by atoms with Gasteiger partial charge in [0.05, 0.1) is 27.8 Å². The second-order valence-electron chi connectivity index (χ2n) is 19.9. The van der Waals surface area contributed by atoms with Crippen molar-refractivity contribution in [3.05, 3.63) is 291 Å². The summed E-state index contributed by atoms with van der Waals surface area (Å²) in [5.74, 6) is 0. The van der Waals surface area contributed by atoms with Gasteiger partial charge >= 0.3 is 0 Å². The molecule has 0 radical (unpaired) electrons. The van der Waals surface area contributed by atoms with E-state index in [4.69, 9.17) is 0 Å².